The highest BCUT2D eigenvalue weighted by molar-refractivity contribution is 6.19. The molecule has 8 rings (SSSR count). The summed E-state index contributed by atoms with van der Waals surface area (Å²) >= 11 is 0. The molecule has 3 heterocycles. The zero-order valence-electron chi connectivity index (χ0n) is 22.4. The molecule has 1 saturated heterocycles. The second-order valence-electron chi connectivity index (χ2n) is 12.4. The summed E-state index contributed by atoms with van der Waals surface area (Å²) in [5.74, 6) is 1.38. The van der Waals surface area contributed by atoms with Crippen LogP contribution in [0.3, 0.4) is 0 Å². The molecule has 2 aromatic rings. The Balaban J connectivity index is 1.35. The minimum atomic E-state index is -0.520. The largest absolute Gasteiger partial charge is 0.376 e. The molecule has 7 nitrogen and oxygen atoms in total. The Morgan fingerprint density at radius 3 is 2.38 bits per heavy atom. The lowest BCUT2D eigenvalue weighted by atomic mass is 9.48. The van der Waals surface area contributed by atoms with Gasteiger partial charge in [-0.3, -0.25) is 14.5 Å². The Bertz CT molecular complexity index is 1400. The summed E-state index contributed by atoms with van der Waals surface area (Å²) in [7, 11) is 0. The maximum atomic E-state index is 13.8. The van der Waals surface area contributed by atoms with Crippen LogP contribution in [0, 0.1) is 29.1 Å². The van der Waals surface area contributed by atoms with Crippen molar-refractivity contribution in [1.82, 2.24) is 14.7 Å². The fourth-order valence-corrected chi connectivity index (χ4v) is 8.46. The first-order chi connectivity index (χ1) is 18.9. The normalized spacial score (nSPS) is 32.9. The molecule has 0 N–H and O–H groups in total. The number of carbonyl (C=O) groups is 2. The smallest absolute Gasteiger partial charge is 0.271 e. The van der Waals surface area contributed by atoms with Crippen LogP contribution >= 0.6 is 0 Å². The molecule has 1 aromatic carbocycles. The van der Waals surface area contributed by atoms with E-state index in [0.717, 1.165) is 66.8 Å². The monoisotopic (exact) mass is 522 g/mol. The van der Waals surface area contributed by atoms with Crippen molar-refractivity contribution in [3.8, 4) is 11.8 Å². The molecular weight excluding hydrogens is 488 g/mol. The van der Waals surface area contributed by atoms with E-state index >= 15 is 0 Å². The number of hydrogen-bond acceptors (Lipinski definition) is 5. The van der Waals surface area contributed by atoms with Gasteiger partial charge in [0, 0.05) is 29.4 Å². The SMILES string of the molecule is CC1=C(C#N)C(=O)N(CC2CCCO2)C(=O)/C1=C/c1cn(-c2ccccc2)nc1C12CC3CC(CC(C3)C1)C2. The third-order valence-electron chi connectivity index (χ3n) is 9.84. The molecule has 4 aliphatic carbocycles. The van der Waals surface area contributed by atoms with Gasteiger partial charge in [-0.05, 0) is 99.8 Å². The van der Waals surface area contributed by atoms with E-state index in [1.54, 1.807) is 6.92 Å². The summed E-state index contributed by atoms with van der Waals surface area (Å²) < 4.78 is 7.67. The number of rotatable bonds is 5. The number of imide groups is 1. The molecule has 0 radical (unpaired) electrons. The lowest BCUT2D eigenvalue weighted by Crippen LogP contribution is -2.49. The molecule has 4 saturated carbocycles. The van der Waals surface area contributed by atoms with Gasteiger partial charge < -0.3 is 4.74 Å². The van der Waals surface area contributed by atoms with Crippen LogP contribution in [-0.4, -0.2) is 45.8 Å². The van der Waals surface area contributed by atoms with Gasteiger partial charge in [0.05, 0.1) is 24.0 Å². The van der Waals surface area contributed by atoms with Crippen molar-refractivity contribution in [2.45, 2.75) is 69.8 Å². The van der Waals surface area contributed by atoms with Gasteiger partial charge in [0.25, 0.3) is 11.8 Å². The van der Waals surface area contributed by atoms with Crippen molar-refractivity contribution >= 4 is 17.9 Å². The van der Waals surface area contributed by atoms with Gasteiger partial charge >= 0.3 is 0 Å². The summed E-state index contributed by atoms with van der Waals surface area (Å²) in [6.07, 6.45) is 12.9. The molecule has 1 atom stereocenters. The van der Waals surface area contributed by atoms with Gasteiger partial charge in [-0.1, -0.05) is 18.2 Å². The minimum Gasteiger partial charge on any atom is -0.376 e. The minimum absolute atomic E-state index is 0.0156. The van der Waals surface area contributed by atoms with Gasteiger partial charge in [0.15, 0.2) is 0 Å². The fourth-order valence-electron chi connectivity index (χ4n) is 8.46. The van der Waals surface area contributed by atoms with Gasteiger partial charge in [-0.2, -0.15) is 10.4 Å². The van der Waals surface area contributed by atoms with Gasteiger partial charge in [0.2, 0.25) is 0 Å². The average molecular weight is 523 g/mol. The topological polar surface area (TPSA) is 88.2 Å². The molecule has 4 bridgehead atoms. The second kappa shape index (κ2) is 9.31. The maximum Gasteiger partial charge on any atom is 0.271 e. The average Bonchev–Trinajstić information content (AvgIpc) is 3.60. The van der Waals surface area contributed by atoms with E-state index < -0.39 is 5.91 Å². The van der Waals surface area contributed by atoms with Gasteiger partial charge in [0.1, 0.15) is 11.6 Å². The number of benzene rings is 1. The van der Waals surface area contributed by atoms with E-state index in [2.05, 4.69) is 6.07 Å². The van der Waals surface area contributed by atoms with Crippen molar-refractivity contribution in [3.05, 3.63) is 64.5 Å². The van der Waals surface area contributed by atoms with Crippen LogP contribution < -0.4 is 0 Å². The van der Waals surface area contributed by atoms with Crippen LogP contribution in [0.5, 0.6) is 0 Å². The first-order valence-electron chi connectivity index (χ1n) is 14.4. The third-order valence-corrected chi connectivity index (χ3v) is 9.84. The van der Waals surface area contributed by atoms with Gasteiger partial charge in [-0.25, -0.2) is 4.68 Å². The first kappa shape index (κ1) is 24.5. The zero-order valence-corrected chi connectivity index (χ0v) is 22.4. The number of nitrogens with zero attached hydrogens (tertiary/aromatic N) is 4. The highest BCUT2D eigenvalue weighted by Gasteiger charge is 2.53. The van der Waals surface area contributed by atoms with Crippen LogP contribution in [0.4, 0.5) is 0 Å². The molecule has 0 spiro atoms. The van der Waals surface area contributed by atoms with Crippen molar-refractivity contribution < 1.29 is 14.3 Å². The zero-order chi connectivity index (χ0) is 26.7. The molecule has 2 aliphatic heterocycles. The van der Waals surface area contributed by atoms with Crippen LogP contribution in [0.2, 0.25) is 0 Å². The standard InChI is InChI=1S/C32H34N4O3/c1-20-27(30(37)35(31(38)28(20)17-33)19-26-8-5-9-39-26)13-24-18-36(25-6-3-2-4-7-25)34-29(24)32-14-21-10-22(15-32)12-23(11-21)16-32/h2-4,6-7,13,18,21-23,26H,5,8-12,14-16,19H2,1H3/b27-13+. The fraction of sp³-hybridized carbons (Fsp3) is 0.500. The number of para-hydroxylation sites is 1. The molecule has 39 heavy (non-hydrogen) atoms. The lowest BCUT2D eigenvalue weighted by molar-refractivity contribution is -0.142. The second-order valence-corrected chi connectivity index (χ2v) is 12.4. The third kappa shape index (κ3) is 4.08. The first-order valence-corrected chi connectivity index (χ1v) is 14.4. The van der Waals surface area contributed by atoms with E-state index in [0.29, 0.717) is 17.8 Å². The van der Waals surface area contributed by atoms with Crippen molar-refractivity contribution in [1.29, 1.82) is 5.26 Å². The molecule has 5 fully saturated rings. The number of hydrogen-bond donors (Lipinski definition) is 0. The quantitative estimate of drug-likeness (QED) is 0.402. The predicted octanol–water partition coefficient (Wildman–Crippen LogP) is 5.11. The molecule has 200 valence electrons. The summed E-state index contributed by atoms with van der Waals surface area (Å²) in [6, 6.07) is 12.2. The predicted molar refractivity (Wildman–Crippen MR) is 145 cm³/mol. The molecule has 1 unspecified atom stereocenters. The van der Waals surface area contributed by atoms with Crippen LogP contribution in [0.1, 0.15) is 69.5 Å². The van der Waals surface area contributed by atoms with E-state index in [4.69, 9.17) is 9.84 Å². The summed E-state index contributed by atoms with van der Waals surface area (Å²) in [5, 5.41) is 15.1. The molecule has 6 aliphatic rings. The highest BCUT2D eigenvalue weighted by atomic mass is 16.5. The van der Waals surface area contributed by atoms with Crippen LogP contribution in [-0.2, 0) is 19.7 Å². The summed E-state index contributed by atoms with van der Waals surface area (Å²) in [4.78, 5) is 28.2. The Morgan fingerprint density at radius 1 is 1.08 bits per heavy atom. The number of amides is 2. The molecule has 2 amide bonds. The highest BCUT2D eigenvalue weighted by Crippen LogP contribution is 2.61. The Kier molecular flexibility index (Phi) is 5.85. The van der Waals surface area contributed by atoms with Crippen molar-refractivity contribution in [2.75, 3.05) is 13.2 Å². The van der Waals surface area contributed by atoms with E-state index in [1.807, 2.05) is 47.3 Å². The summed E-state index contributed by atoms with van der Waals surface area (Å²) in [6.45, 7) is 2.53. The summed E-state index contributed by atoms with van der Waals surface area (Å²) in [5.41, 5.74) is 3.87. The van der Waals surface area contributed by atoms with E-state index in [9.17, 15) is 14.9 Å². The molecular formula is C32H34N4O3. The lowest BCUT2D eigenvalue weighted by Gasteiger charge is -2.56. The number of aromatic nitrogens is 2. The maximum absolute atomic E-state index is 13.8. The van der Waals surface area contributed by atoms with Crippen molar-refractivity contribution in [2.24, 2.45) is 17.8 Å². The number of ether oxygens (including phenoxy) is 1. The Labute approximate surface area is 229 Å². The van der Waals surface area contributed by atoms with E-state index in [1.165, 1.54) is 24.2 Å². The van der Waals surface area contributed by atoms with Crippen molar-refractivity contribution in [3.63, 3.8) is 0 Å². The van der Waals surface area contributed by atoms with Crippen LogP contribution in [0.15, 0.2) is 53.2 Å². The number of nitriles is 1. The Morgan fingerprint density at radius 2 is 1.77 bits per heavy atom. The van der Waals surface area contributed by atoms with Gasteiger partial charge in [-0.15, -0.1) is 0 Å². The van der Waals surface area contributed by atoms with E-state index in [-0.39, 0.29) is 29.5 Å². The molecule has 7 heteroatoms. The molecule has 1 aromatic heterocycles. The Hall–Kier alpha value is -3.50. The number of carbonyl (C=O) groups excluding carboxylic acids is 2. The van der Waals surface area contributed by atoms with Crippen LogP contribution in [0.25, 0.3) is 11.8 Å².